The largest absolute Gasteiger partial charge is 0.467 e. The Morgan fingerprint density at radius 1 is 1.14 bits per heavy atom. The molecule has 0 heterocycles. The number of methoxy groups -OCH3 is 2. The minimum atomic E-state index is -2.67. The zero-order chi connectivity index (χ0) is 10.8. The summed E-state index contributed by atoms with van der Waals surface area (Å²) < 4.78 is 35.2. The van der Waals surface area contributed by atoms with Gasteiger partial charge in [0.05, 0.1) is 7.11 Å². The Morgan fingerprint density at radius 2 is 1.64 bits per heavy atom. The van der Waals surface area contributed by atoms with Crippen molar-refractivity contribution in [2.75, 3.05) is 14.2 Å². The first kappa shape index (κ1) is 11.4. The van der Waals surface area contributed by atoms with Crippen LogP contribution in [0.15, 0.2) is 0 Å². The van der Waals surface area contributed by atoms with Crippen LogP contribution in [0.3, 0.4) is 0 Å². The fourth-order valence-corrected chi connectivity index (χ4v) is 1.70. The van der Waals surface area contributed by atoms with Gasteiger partial charge in [-0.1, -0.05) is 0 Å². The van der Waals surface area contributed by atoms with Crippen LogP contribution < -0.4 is 0 Å². The second-order valence-corrected chi connectivity index (χ2v) is 3.55. The number of ether oxygens (including phenoxy) is 2. The summed E-state index contributed by atoms with van der Waals surface area (Å²) in [5.74, 6) is -3.23. The lowest BCUT2D eigenvalue weighted by atomic mass is 9.82. The molecule has 14 heavy (non-hydrogen) atoms. The van der Waals surface area contributed by atoms with Gasteiger partial charge in [0.1, 0.15) is 0 Å². The number of alkyl halides is 2. The zero-order valence-corrected chi connectivity index (χ0v) is 8.31. The van der Waals surface area contributed by atoms with Crippen molar-refractivity contribution in [2.45, 2.75) is 37.2 Å². The summed E-state index contributed by atoms with van der Waals surface area (Å²) in [6, 6.07) is 0. The molecule has 3 nitrogen and oxygen atoms in total. The average Bonchev–Trinajstić information content (AvgIpc) is 2.18. The van der Waals surface area contributed by atoms with Crippen LogP contribution in [0.4, 0.5) is 8.78 Å². The topological polar surface area (TPSA) is 35.5 Å². The molecule has 0 N–H and O–H groups in total. The number of hydrogen-bond donors (Lipinski definition) is 0. The molecule has 0 radical (unpaired) electrons. The Kier molecular flexibility index (Phi) is 3.09. The summed E-state index contributed by atoms with van der Waals surface area (Å²) in [7, 11) is 2.58. The molecule has 5 heteroatoms. The van der Waals surface area contributed by atoms with Gasteiger partial charge < -0.3 is 9.47 Å². The Balaban J connectivity index is 2.71. The van der Waals surface area contributed by atoms with Crippen molar-refractivity contribution in [2.24, 2.45) is 0 Å². The predicted molar refractivity (Wildman–Crippen MR) is 45.2 cm³/mol. The number of carbonyl (C=O) groups is 1. The highest BCUT2D eigenvalue weighted by Crippen LogP contribution is 2.40. The minimum Gasteiger partial charge on any atom is -0.467 e. The normalized spacial score (nSPS) is 24.3. The van der Waals surface area contributed by atoms with E-state index < -0.39 is 17.5 Å². The monoisotopic (exact) mass is 208 g/mol. The molecule has 0 amide bonds. The molecule has 0 aromatic heterocycles. The number of esters is 1. The van der Waals surface area contributed by atoms with Crippen molar-refractivity contribution in [3.8, 4) is 0 Å². The summed E-state index contributed by atoms with van der Waals surface area (Å²) in [6.45, 7) is 0. The van der Waals surface area contributed by atoms with Gasteiger partial charge in [-0.05, 0) is 12.8 Å². The Hall–Kier alpha value is -0.710. The third-order valence-corrected chi connectivity index (χ3v) is 2.74. The molecule has 0 bridgehead atoms. The van der Waals surface area contributed by atoms with Crippen LogP contribution in [0.25, 0.3) is 0 Å². The molecule has 82 valence electrons. The van der Waals surface area contributed by atoms with Gasteiger partial charge in [-0.3, -0.25) is 0 Å². The Bertz CT molecular complexity index is 218. The molecule has 0 aromatic carbocycles. The fourth-order valence-electron chi connectivity index (χ4n) is 1.70. The molecule has 0 atom stereocenters. The van der Waals surface area contributed by atoms with Crippen molar-refractivity contribution >= 4 is 5.97 Å². The van der Waals surface area contributed by atoms with Crippen LogP contribution in [-0.4, -0.2) is 31.7 Å². The predicted octanol–water partition coefficient (Wildman–Crippen LogP) is 1.75. The van der Waals surface area contributed by atoms with Crippen molar-refractivity contribution in [3.63, 3.8) is 0 Å². The van der Waals surface area contributed by atoms with E-state index in [9.17, 15) is 13.6 Å². The average molecular weight is 208 g/mol. The highest BCUT2D eigenvalue weighted by Gasteiger charge is 2.48. The van der Waals surface area contributed by atoms with E-state index in [1.54, 1.807) is 0 Å². The van der Waals surface area contributed by atoms with E-state index in [4.69, 9.17) is 4.74 Å². The standard InChI is InChI=1S/C9H14F2O3/c1-13-7(12)8(14-2)3-5-9(10,11)6-4-8/h3-6H2,1-2H3. The number of rotatable bonds is 2. The molecule has 0 aliphatic heterocycles. The molecule has 0 spiro atoms. The van der Waals surface area contributed by atoms with Gasteiger partial charge in [0.15, 0.2) is 5.60 Å². The molecular weight excluding hydrogens is 194 g/mol. The molecule has 1 aliphatic rings. The first-order valence-corrected chi connectivity index (χ1v) is 4.47. The molecule has 1 saturated carbocycles. The Labute approximate surface area is 81.4 Å². The van der Waals surface area contributed by atoms with E-state index in [0.29, 0.717) is 0 Å². The minimum absolute atomic E-state index is 0.0170. The molecule has 1 aliphatic carbocycles. The summed E-state index contributed by atoms with van der Waals surface area (Å²) in [6.07, 6.45) is -0.613. The van der Waals surface area contributed by atoms with Crippen LogP contribution in [0.1, 0.15) is 25.7 Å². The van der Waals surface area contributed by atoms with Crippen LogP contribution in [0.5, 0.6) is 0 Å². The van der Waals surface area contributed by atoms with E-state index in [0.717, 1.165) is 0 Å². The van der Waals surface area contributed by atoms with Gasteiger partial charge in [0.2, 0.25) is 5.92 Å². The second kappa shape index (κ2) is 3.81. The summed E-state index contributed by atoms with van der Waals surface area (Å²) in [5.41, 5.74) is -1.16. The van der Waals surface area contributed by atoms with Gasteiger partial charge in [-0.15, -0.1) is 0 Å². The van der Waals surface area contributed by atoms with E-state index in [1.807, 2.05) is 0 Å². The third kappa shape index (κ3) is 2.03. The van der Waals surface area contributed by atoms with Crippen LogP contribution >= 0.6 is 0 Å². The van der Waals surface area contributed by atoms with Crippen LogP contribution in [-0.2, 0) is 14.3 Å². The quantitative estimate of drug-likeness (QED) is 0.648. The van der Waals surface area contributed by atoms with Gasteiger partial charge in [0.25, 0.3) is 0 Å². The van der Waals surface area contributed by atoms with Gasteiger partial charge in [-0.25, -0.2) is 13.6 Å². The number of carbonyl (C=O) groups excluding carboxylic acids is 1. The highest BCUT2D eigenvalue weighted by molar-refractivity contribution is 5.79. The maximum atomic E-state index is 12.8. The summed E-state index contributed by atoms with van der Waals surface area (Å²) in [4.78, 5) is 11.3. The van der Waals surface area contributed by atoms with Crippen LogP contribution in [0, 0.1) is 0 Å². The van der Waals surface area contributed by atoms with Gasteiger partial charge >= 0.3 is 5.97 Å². The first-order valence-electron chi connectivity index (χ1n) is 4.47. The lowest BCUT2D eigenvalue weighted by molar-refractivity contribution is -0.179. The second-order valence-electron chi connectivity index (χ2n) is 3.55. The van der Waals surface area contributed by atoms with Crippen molar-refractivity contribution in [3.05, 3.63) is 0 Å². The molecule has 0 unspecified atom stereocenters. The van der Waals surface area contributed by atoms with E-state index in [-0.39, 0.29) is 25.7 Å². The van der Waals surface area contributed by atoms with Crippen molar-refractivity contribution in [1.82, 2.24) is 0 Å². The Morgan fingerprint density at radius 3 is 2.00 bits per heavy atom. The fraction of sp³-hybridized carbons (Fsp3) is 0.889. The van der Waals surface area contributed by atoms with Crippen molar-refractivity contribution in [1.29, 1.82) is 0 Å². The highest BCUT2D eigenvalue weighted by atomic mass is 19.3. The van der Waals surface area contributed by atoms with Gasteiger partial charge in [-0.2, -0.15) is 0 Å². The molecular formula is C9H14F2O3. The summed E-state index contributed by atoms with van der Waals surface area (Å²) >= 11 is 0. The van der Waals surface area contributed by atoms with E-state index >= 15 is 0 Å². The molecule has 1 rings (SSSR count). The van der Waals surface area contributed by atoms with Crippen molar-refractivity contribution < 1.29 is 23.0 Å². The maximum absolute atomic E-state index is 12.8. The maximum Gasteiger partial charge on any atom is 0.338 e. The lowest BCUT2D eigenvalue weighted by Gasteiger charge is -2.36. The molecule has 0 saturated heterocycles. The van der Waals surface area contributed by atoms with E-state index in [2.05, 4.69) is 4.74 Å². The SMILES string of the molecule is COC(=O)C1(OC)CCC(F)(F)CC1. The molecule has 1 fully saturated rings. The third-order valence-electron chi connectivity index (χ3n) is 2.74. The van der Waals surface area contributed by atoms with Gasteiger partial charge in [0, 0.05) is 20.0 Å². The molecule has 0 aromatic rings. The number of halogens is 2. The lowest BCUT2D eigenvalue weighted by Crippen LogP contribution is -2.47. The summed E-state index contributed by atoms with van der Waals surface area (Å²) in [5, 5.41) is 0. The van der Waals surface area contributed by atoms with E-state index in [1.165, 1.54) is 14.2 Å². The zero-order valence-electron chi connectivity index (χ0n) is 8.31. The smallest absolute Gasteiger partial charge is 0.338 e. The first-order chi connectivity index (χ1) is 6.46. The number of hydrogen-bond acceptors (Lipinski definition) is 3. The van der Waals surface area contributed by atoms with Crippen LogP contribution in [0.2, 0.25) is 0 Å².